The maximum Gasteiger partial charge on any atom is 0.416 e. The minimum Gasteiger partial charge on any atom is -0.339 e. The lowest BCUT2D eigenvalue weighted by Gasteiger charge is -2.38. The molecule has 2 aliphatic heterocycles. The molecule has 1 N–H and O–H groups in total. The fourth-order valence-corrected chi connectivity index (χ4v) is 4.85. The number of nitrogens with one attached hydrogen (secondary N) is 1. The van der Waals surface area contributed by atoms with Crippen molar-refractivity contribution < 1.29 is 35.9 Å². The van der Waals surface area contributed by atoms with Crippen LogP contribution in [0.3, 0.4) is 0 Å². The van der Waals surface area contributed by atoms with Gasteiger partial charge in [-0.15, -0.1) is 0 Å². The molecule has 0 saturated carbocycles. The quantitative estimate of drug-likeness (QED) is 0.376. The van der Waals surface area contributed by atoms with E-state index in [1.54, 1.807) is 11.0 Å². The lowest BCUT2D eigenvalue weighted by Crippen LogP contribution is -2.55. The Bertz CT molecular complexity index is 1200. The molecule has 3 amide bonds. The number of hydrogen-bond acceptors (Lipinski definition) is 3. The topological polar surface area (TPSA) is 55.9 Å². The highest BCUT2D eigenvalue weighted by molar-refractivity contribution is 6.42. The molecule has 0 aliphatic carbocycles. The smallest absolute Gasteiger partial charge is 0.339 e. The van der Waals surface area contributed by atoms with Crippen molar-refractivity contribution in [3.05, 3.63) is 63.1 Å². The van der Waals surface area contributed by atoms with Crippen LogP contribution >= 0.6 is 23.2 Å². The van der Waals surface area contributed by atoms with E-state index in [0.717, 1.165) is 43.4 Å². The largest absolute Gasteiger partial charge is 0.416 e. The molecule has 0 radical (unpaired) electrons. The van der Waals surface area contributed by atoms with Crippen molar-refractivity contribution in [1.82, 2.24) is 15.1 Å². The summed E-state index contributed by atoms with van der Waals surface area (Å²) in [6, 6.07) is 5.88. The number of piperazine rings is 1. The van der Waals surface area contributed by atoms with Gasteiger partial charge in [0.05, 0.1) is 21.2 Å². The molecule has 2 heterocycles. The minimum absolute atomic E-state index is 0.0136. The Morgan fingerprint density at radius 2 is 1.34 bits per heavy atom. The summed E-state index contributed by atoms with van der Waals surface area (Å²) < 4.78 is 78.6. The van der Waals surface area contributed by atoms with Crippen molar-refractivity contribution in [2.24, 2.45) is 5.92 Å². The minimum atomic E-state index is -5.00. The van der Waals surface area contributed by atoms with Crippen molar-refractivity contribution in [2.45, 2.75) is 32.1 Å². The molecule has 2 fully saturated rings. The molecule has 2 aliphatic rings. The lowest BCUT2D eigenvalue weighted by molar-refractivity contribution is -0.143. The molecule has 0 atom stereocenters. The van der Waals surface area contributed by atoms with Crippen LogP contribution < -0.4 is 10.2 Å². The monoisotopic (exact) mass is 626 g/mol. The van der Waals surface area contributed by atoms with E-state index in [-0.39, 0.29) is 44.1 Å². The molecular formula is C27H30Cl2F6N4O2. The molecular weight excluding hydrogens is 597 g/mol. The third-order valence-corrected chi connectivity index (χ3v) is 7.61. The van der Waals surface area contributed by atoms with E-state index in [9.17, 15) is 35.9 Å². The molecule has 2 aromatic rings. The second-order valence-electron chi connectivity index (χ2n) is 9.86. The van der Waals surface area contributed by atoms with Gasteiger partial charge in [-0.3, -0.25) is 9.69 Å². The van der Waals surface area contributed by atoms with Gasteiger partial charge in [0.2, 0.25) is 5.91 Å². The number of anilines is 1. The number of nitrogens with zero attached hydrogens (tertiary/aromatic N) is 3. The Morgan fingerprint density at radius 3 is 1.80 bits per heavy atom. The van der Waals surface area contributed by atoms with Gasteiger partial charge in [-0.2, -0.15) is 26.3 Å². The second kappa shape index (κ2) is 13.5. The van der Waals surface area contributed by atoms with Gasteiger partial charge in [0, 0.05) is 44.8 Å². The second-order valence-corrected chi connectivity index (χ2v) is 10.7. The fraction of sp³-hybridized carbons (Fsp3) is 0.481. The number of aryl methyl sites for hydroxylation is 1. The first-order valence-electron chi connectivity index (χ1n) is 12.8. The number of amides is 3. The number of halogens is 8. The predicted molar refractivity (Wildman–Crippen MR) is 145 cm³/mol. The van der Waals surface area contributed by atoms with Gasteiger partial charge < -0.3 is 15.1 Å². The third kappa shape index (κ3) is 8.89. The Kier molecular flexibility index (Phi) is 10.8. The number of carbonyl (C=O) groups excluding carboxylic acids is 2. The van der Waals surface area contributed by atoms with E-state index in [4.69, 9.17) is 23.2 Å². The number of hydrogen-bond donors (Lipinski definition) is 1. The average molecular weight is 627 g/mol. The Labute approximate surface area is 244 Å². The Balaban J connectivity index is 0.000000436. The van der Waals surface area contributed by atoms with Crippen LogP contribution in [-0.4, -0.2) is 68.1 Å². The highest BCUT2D eigenvalue weighted by atomic mass is 35.5. The molecule has 0 unspecified atom stereocenters. The first kappa shape index (κ1) is 32.8. The number of alkyl halides is 6. The van der Waals surface area contributed by atoms with E-state index in [1.807, 2.05) is 19.1 Å². The normalized spacial score (nSPS) is 16.6. The van der Waals surface area contributed by atoms with Gasteiger partial charge in [-0.05, 0) is 68.8 Å². The number of benzene rings is 2. The highest BCUT2D eigenvalue weighted by Crippen LogP contribution is 2.38. The van der Waals surface area contributed by atoms with Crippen LogP contribution in [0.1, 0.15) is 29.5 Å². The van der Waals surface area contributed by atoms with Crippen molar-refractivity contribution in [1.29, 1.82) is 0 Å². The Hall–Kier alpha value is -2.70. The fourth-order valence-electron chi connectivity index (χ4n) is 4.50. The maximum atomic E-state index is 13.1. The van der Waals surface area contributed by atoms with Crippen molar-refractivity contribution in [2.75, 3.05) is 51.2 Å². The van der Waals surface area contributed by atoms with Crippen molar-refractivity contribution in [3.63, 3.8) is 0 Å². The Morgan fingerprint density at radius 1 is 0.829 bits per heavy atom. The van der Waals surface area contributed by atoms with E-state index >= 15 is 0 Å². The summed E-state index contributed by atoms with van der Waals surface area (Å²) in [5.41, 5.74) is -2.35. The summed E-state index contributed by atoms with van der Waals surface area (Å²) in [7, 11) is 1.13. The highest BCUT2D eigenvalue weighted by Gasteiger charge is 2.38. The summed E-state index contributed by atoms with van der Waals surface area (Å²) in [4.78, 5) is 29.1. The average Bonchev–Trinajstić information content (AvgIpc) is 2.93. The maximum absolute atomic E-state index is 13.1. The predicted octanol–water partition coefficient (Wildman–Crippen LogP) is 6.73. The van der Waals surface area contributed by atoms with Crippen LogP contribution in [0.25, 0.3) is 0 Å². The standard InChI is InChI=1S/C20H24F6N4O2.C7H6Cl2/c1-28(16-11-14(19(21,22)23)10-15(12-16)20(24,25)26)18(32)30-8-6-29(7-9-30)17(31)13-2-4-27-5-3-13;1-5-2-3-6(8)7(9)4-5/h10-13,27H,2-9H2,1H3;2-4H,1H3. The van der Waals surface area contributed by atoms with Crippen LogP contribution in [0.15, 0.2) is 36.4 Å². The molecule has 226 valence electrons. The van der Waals surface area contributed by atoms with Crippen molar-refractivity contribution >= 4 is 40.8 Å². The summed E-state index contributed by atoms with van der Waals surface area (Å²) in [6.07, 6.45) is -8.53. The zero-order chi connectivity index (χ0) is 30.5. The first-order chi connectivity index (χ1) is 19.1. The molecule has 0 aromatic heterocycles. The van der Waals surface area contributed by atoms with Crippen LogP contribution in [0.4, 0.5) is 36.8 Å². The molecule has 4 rings (SSSR count). The van der Waals surface area contributed by atoms with E-state index in [1.165, 1.54) is 4.90 Å². The number of urea groups is 1. The van der Waals surface area contributed by atoms with Crippen LogP contribution in [0, 0.1) is 12.8 Å². The van der Waals surface area contributed by atoms with Gasteiger partial charge in [-0.1, -0.05) is 29.3 Å². The number of carbonyl (C=O) groups is 2. The molecule has 2 aromatic carbocycles. The van der Waals surface area contributed by atoms with Crippen molar-refractivity contribution in [3.8, 4) is 0 Å². The third-order valence-electron chi connectivity index (χ3n) is 6.87. The number of rotatable bonds is 2. The van der Waals surface area contributed by atoms with Gasteiger partial charge >= 0.3 is 18.4 Å². The molecule has 0 bridgehead atoms. The lowest BCUT2D eigenvalue weighted by atomic mass is 9.96. The SMILES string of the molecule is CN(C(=O)N1CCN(C(=O)C2CCNCC2)CC1)c1cc(C(F)(F)F)cc(C(F)(F)F)c1.Cc1ccc(Cl)c(Cl)c1. The molecule has 0 spiro atoms. The van der Waals surface area contributed by atoms with Gasteiger partial charge in [-0.25, -0.2) is 4.79 Å². The van der Waals surface area contributed by atoms with E-state index in [2.05, 4.69) is 5.32 Å². The van der Waals surface area contributed by atoms with Gasteiger partial charge in [0.15, 0.2) is 0 Å². The van der Waals surface area contributed by atoms with E-state index in [0.29, 0.717) is 22.2 Å². The summed E-state index contributed by atoms with van der Waals surface area (Å²) in [5, 5.41) is 4.41. The summed E-state index contributed by atoms with van der Waals surface area (Å²) in [5.74, 6) is -0.0632. The number of piperidine rings is 1. The van der Waals surface area contributed by atoms with Gasteiger partial charge in [0.1, 0.15) is 0 Å². The summed E-state index contributed by atoms with van der Waals surface area (Å²) >= 11 is 11.3. The van der Waals surface area contributed by atoms with Crippen LogP contribution in [-0.2, 0) is 17.1 Å². The zero-order valence-corrected chi connectivity index (χ0v) is 23.9. The van der Waals surface area contributed by atoms with Crippen LogP contribution in [0.5, 0.6) is 0 Å². The van der Waals surface area contributed by atoms with E-state index < -0.39 is 35.2 Å². The molecule has 2 saturated heterocycles. The first-order valence-corrected chi connectivity index (χ1v) is 13.6. The zero-order valence-electron chi connectivity index (χ0n) is 22.4. The van der Waals surface area contributed by atoms with Gasteiger partial charge in [0.25, 0.3) is 0 Å². The summed E-state index contributed by atoms with van der Waals surface area (Å²) in [6.45, 7) is 4.31. The molecule has 6 nitrogen and oxygen atoms in total. The molecule has 41 heavy (non-hydrogen) atoms. The molecule has 14 heteroatoms. The van der Waals surface area contributed by atoms with Crippen LogP contribution in [0.2, 0.25) is 10.0 Å².